The van der Waals surface area contributed by atoms with Crippen LogP contribution in [0.25, 0.3) is 21.8 Å². The van der Waals surface area contributed by atoms with Gasteiger partial charge in [0, 0.05) is 59.9 Å². The molecule has 0 spiro atoms. The van der Waals surface area contributed by atoms with Gasteiger partial charge in [-0.2, -0.15) is 11.8 Å². The fraction of sp³-hybridized carbons (Fsp3) is 0.250. The molecule has 0 aliphatic heterocycles. The molecule has 0 amide bonds. The largest absolute Gasteiger partial charge is 0.497 e. The van der Waals surface area contributed by atoms with Gasteiger partial charge in [0.05, 0.1) is 36.6 Å². The van der Waals surface area contributed by atoms with Crippen molar-refractivity contribution >= 4 is 44.9 Å². The molecule has 0 bridgehead atoms. The Morgan fingerprint density at radius 2 is 1.23 bits per heavy atom. The summed E-state index contributed by atoms with van der Waals surface area (Å²) in [5.74, 6) is 3.65. The predicted molar refractivity (Wildman–Crippen MR) is 131 cm³/mol. The third-order valence-electron chi connectivity index (χ3n) is 4.95. The first kappa shape index (κ1) is 21.1. The highest BCUT2D eigenvalue weighted by Gasteiger charge is 2.07. The van der Waals surface area contributed by atoms with E-state index in [2.05, 4.69) is 20.6 Å². The Kier molecular flexibility index (Phi) is 6.94. The van der Waals surface area contributed by atoms with Gasteiger partial charge in [0.1, 0.15) is 11.5 Å². The summed E-state index contributed by atoms with van der Waals surface area (Å²) >= 11 is 1.89. The summed E-state index contributed by atoms with van der Waals surface area (Å²) in [6.07, 6.45) is 3.63. The van der Waals surface area contributed by atoms with E-state index >= 15 is 0 Å². The van der Waals surface area contributed by atoms with E-state index in [1.165, 1.54) is 0 Å². The Bertz CT molecular complexity index is 1080. The first-order valence-corrected chi connectivity index (χ1v) is 11.3. The van der Waals surface area contributed by atoms with Crippen LogP contribution in [0.1, 0.15) is 0 Å². The van der Waals surface area contributed by atoms with Gasteiger partial charge in [-0.15, -0.1) is 0 Å². The molecule has 0 saturated heterocycles. The SMILES string of the molecule is COc1cc(NCCSCCNc2cc(OC)cc3cccnc23)c2ncccc2c1. The number of anilines is 2. The van der Waals surface area contributed by atoms with Gasteiger partial charge in [-0.25, -0.2) is 0 Å². The number of thioether (sulfide) groups is 1. The lowest BCUT2D eigenvalue weighted by molar-refractivity contribution is 0.415. The second-order valence-corrected chi connectivity index (χ2v) is 8.19. The van der Waals surface area contributed by atoms with Crippen LogP contribution >= 0.6 is 11.8 Å². The van der Waals surface area contributed by atoms with Crippen molar-refractivity contribution in [1.29, 1.82) is 0 Å². The number of hydrogen-bond acceptors (Lipinski definition) is 7. The summed E-state index contributed by atoms with van der Waals surface area (Å²) in [6, 6.07) is 16.0. The maximum atomic E-state index is 5.42. The molecule has 2 aromatic heterocycles. The van der Waals surface area contributed by atoms with Crippen molar-refractivity contribution in [1.82, 2.24) is 9.97 Å². The number of aromatic nitrogens is 2. The molecular weight excluding hydrogens is 408 g/mol. The van der Waals surface area contributed by atoms with Crippen LogP contribution < -0.4 is 20.1 Å². The van der Waals surface area contributed by atoms with Crippen LogP contribution in [0.5, 0.6) is 11.5 Å². The lowest BCUT2D eigenvalue weighted by Gasteiger charge is -2.12. The van der Waals surface area contributed by atoms with E-state index in [-0.39, 0.29) is 0 Å². The standard InChI is InChI=1S/C24H26N4O2S/c1-29-19-13-17-5-3-7-27-23(17)21(15-19)25-9-11-31-12-10-26-22-16-20(30-2)14-18-6-4-8-28-24(18)22/h3-8,13-16,25-26H,9-12H2,1-2H3. The zero-order valence-corrected chi connectivity index (χ0v) is 18.5. The van der Waals surface area contributed by atoms with E-state index in [1.54, 1.807) is 14.2 Å². The van der Waals surface area contributed by atoms with E-state index in [4.69, 9.17) is 9.47 Å². The molecule has 31 heavy (non-hydrogen) atoms. The van der Waals surface area contributed by atoms with Crippen molar-refractivity contribution in [3.63, 3.8) is 0 Å². The molecule has 7 heteroatoms. The van der Waals surface area contributed by atoms with Gasteiger partial charge in [-0.3, -0.25) is 9.97 Å². The van der Waals surface area contributed by atoms with Crippen LogP contribution in [0.4, 0.5) is 11.4 Å². The lowest BCUT2D eigenvalue weighted by Crippen LogP contribution is -2.09. The summed E-state index contributed by atoms with van der Waals surface area (Å²) in [5.41, 5.74) is 3.94. The summed E-state index contributed by atoms with van der Waals surface area (Å²) in [6.45, 7) is 1.71. The maximum Gasteiger partial charge on any atom is 0.121 e. The number of nitrogens with zero attached hydrogens (tertiary/aromatic N) is 2. The minimum atomic E-state index is 0.832. The molecule has 2 heterocycles. The van der Waals surface area contributed by atoms with Gasteiger partial charge >= 0.3 is 0 Å². The van der Waals surface area contributed by atoms with Crippen LogP contribution in [0.3, 0.4) is 0 Å². The third-order valence-corrected chi connectivity index (χ3v) is 5.94. The van der Waals surface area contributed by atoms with Crippen LogP contribution in [0.15, 0.2) is 60.9 Å². The fourth-order valence-electron chi connectivity index (χ4n) is 3.45. The molecule has 0 fully saturated rings. The second-order valence-electron chi connectivity index (χ2n) is 6.97. The fourth-order valence-corrected chi connectivity index (χ4v) is 4.15. The molecule has 4 rings (SSSR count). The first-order valence-electron chi connectivity index (χ1n) is 10.2. The summed E-state index contributed by atoms with van der Waals surface area (Å²) in [5, 5.41) is 9.14. The van der Waals surface area contributed by atoms with Crippen LogP contribution in [0, 0.1) is 0 Å². The van der Waals surface area contributed by atoms with Crippen molar-refractivity contribution in [2.45, 2.75) is 0 Å². The van der Waals surface area contributed by atoms with E-state index < -0.39 is 0 Å². The Balaban J connectivity index is 1.27. The molecule has 0 aliphatic carbocycles. The number of ether oxygens (including phenoxy) is 2. The van der Waals surface area contributed by atoms with Crippen LogP contribution in [0.2, 0.25) is 0 Å². The van der Waals surface area contributed by atoms with E-state index in [0.717, 1.165) is 69.3 Å². The summed E-state index contributed by atoms with van der Waals surface area (Å²) < 4.78 is 10.8. The van der Waals surface area contributed by atoms with Crippen LogP contribution in [-0.2, 0) is 0 Å². The molecule has 160 valence electrons. The monoisotopic (exact) mass is 434 g/mol. The van der Waals surface area contributed by atoms with Crippen molar-refractivity contribution in [3.8, 4) is 11.5 Å². The quantitative estimate of drug-likeness (QED) is 0.338. The van der Waals surface area contributed by atoms with Gasteiger partial charge in [-0.1, -0.05) is 12.1 Å². The zero-order valence-electron chi connectivity index (χ0n) is 17.7. The average Bonchev–Trinajstić information content (AvgIpc) is 2.82. The van der Waals surface area contributed by atoms with Gasteiger partial charge in [-0.05, 0) is 24.3 Å². The molecule has 0 saturated carbocycles. The molecule has 6 nitrogen and oxygen atoms in total. The lowest BCUT2D eigenvalue weighted by atomic mass is 10.2. The van der Waals surface area contributed by atoms with Crippen molar-refractivity contribution < 1.29 is 9.47 Å². The first-order chi connectivity index (χ1) is 15.3. The number of pyridine rings is 2. The Morgan fingerprint density at radius 3 is 1.68 bits per heavy atom. The number of fused-ring (bicyclic) bond motifs is 2. The maximum absolute atomic E-state index is 5.42. The molecule has 0 radical (unpaired) electrons. The highest BCUT2D eigenvalue weighted by molar-refractivity contribution is 7.99. The van der Waals surface area contributed by atoms with Crippen LogP contribution in [-0.4, -0.2) is 48.8 Å². The molecule has 4 aromatic rings. The minimum absolute atomic E-state index is 0.832. The highest BCUT2D eigenvalue weighted by Crippen LogP contribution is 2.28. The Hall–Kier alpha value is -3.19. The Labute approximate surface area is 186 Å². The second kappa shape index (κ2) is 10.2. The molecule has 0 atom stereocenters. The average molecular weight is 435 g/mol. The normalized spacial score (nSPS) is 10.9. The van der Waals surface area contributed by atoms with E-state index in [0.29, 0.717) is 0 Å². The predicted octanol–water partition coefficient (Wildman–Crippen LogP) is 5.06. The summed E-state index contributed by atoms with van der Waals surface area (Å²) in [7, 11) is 3.37. The Morgan fingerprint density at radius 1 is 0.742 bits per heavy atom. The smallest absolute Gasteiger partial charge is 0.121 e. The van der Waals surface area contributed by atoms with E-state index in [1.807, 2.05) is 72.7 Å². The van der Waals surface area contributed by atoms with Gasteiger partial charge < -0.3 is 20.1 Å². The molecule has 0 unspecified atom stereocenters. The van der Waals surface area contributed by atoms with Gasteiger partial charge in [0.15, 0.2) is 0 Å². The van der Waals surface area contributed by atoms with Crippen molar-refractivity contribution in [2.24, 2.45) is 0 Å². The van der Waals surface area contributed by atoms with Crippen molar-refractivity contribution in [2.75, 3.05) is 49.4 Å². The van der Waals surface area contributed by atoms with Gasteiger partial charge in [0.25, 0.3) is 0 Å². The molecule has 0 aliphatic rings. The number of nitrogens with one attached hydrogen (secondary N) is 2. The number of hydrogen-bond donors (Lipinski definition) is 2. The van der Waals surface area contributed by atoms with E-state index in [9.17, 15) is 0 Å². The minimum Gasteiger partial charge on any atom is -0.497 e. The molecule has 2 aromatic carbocycles. The molecular formula is C24H26N4O2S. The highest BCUT2D eigenvalue weighted by atomic mass is 32.2. The number of benzene rings is 2. The summed E-state index contributed by atoms with van der Waals surface area (Å²) in [4.78, 5) is 9.01. The van der Waals surface area contributed by atoms with Crippen molar-refractivity contribution in [3.05, 3.63) is 60.9 Å². The molecule has 2 N–H and O–H groups in total. The zero-order chi connectivity index (χ0) is 21.5. The number of methoxy groups -OCH3 is 2. The number of rotatable bonds is 10. The topological polar surface area (TPSA) is 68.3 Å². The van der Waals surface area contributed by atoms with Gasteiger partial charge in [0.2, 0.25) is 0 Å². The third kappa shape index (κ3) is 5.11.